The lowest BCUT2D eigenvalue weighted by atomic mass is 9.90. The van der Waals surface area contributed by atoms with Gasteiger partial charge in [-0.1, -0.05) is 36.7 Å². The lowest BCUT2D eigenvalue weighted by Crippen LogP contribution is -2.31. The fraction of sp³-hybridized carbons (Fsp3) is 0.562. The molecule has 0 heterocycles. The third kappa shape index (κ3) is 5.95. The minimum absolute atomic E-state index is 0.0198. The second-order valence-corrected chi connectivity index (χ2v) is 7.81. The summed E-state index contributed by atoms with van der Waals surface area (Å²) in [6.45, 7) is 7.24. The molecule has 0 aliphatic heterocycles. The van der Waals surface area contributed by atoms with E-state index in [9.17, 15) is 4.79 Å². The number of nitrogens with one attached hydrogen (secondary N) is 1. The first-order valence-electron chi connectivity index (χ1n) is 6.89. The first kappa shape index (κ1) is 17.0. The lowest BCUT2D eigenvalue weighted by Gasteiger charge is -2.22. The number of nitrogens with zero attached hydrogens (tertiary/aromatic N) is 1. The molecule has 1 aromatic rings. The molecule has 0 fully saturated rings. The molecule has 0 radical (unpaired) electrons. The van der Waals surface area contributed by atoms with E-state index in [0.717, 1.165) is 12.1 Å². The molecule has 112 valence electrons. The van der Waals surface area contributed by atoms with Crippen molar-refractivity contribution < 1.29 is 4.79 Å². The second-order valence-electron chi connectivity index (χ2n) is 6.51. The topological polar surface area (TPSA) is 32.3 Å². The SMILES string of the molecule is CN(C)c1ccc(C(=O)NCC(Br)CC(C)(C)C)cc1. The largest absolute Gasteiger partial charge is 0.378 e. The van der Waals surface area contributed by atoms with Crippen LogP contribution < -0.4 is 10.2 Å². The van der Waals surface area contributed by atoms with Crippen molar-refractivity contribution in [3.63, 3.8) is 0 Å². The van der Waals surface area contributed by atoms with Crippen molar-refractivity contribution in [1.29, 1.82) is 0 Å². The van der Waals surface area contributed by atoms with Crippen molar-refractivity contribution in [2.45, 2.75) is 32.0 Å². The van der Waals surface area contributed by atoms with Gasteiger partial charge in [0, 0.05) is 36.7 Å². The highest BCUT2D eigenvalue weighted by Gasteiger charge is 2.17. The minimum Gasteiger partial charge on any atom is -0.378 e. The molecule has 1 atom stereocenters. The van der Waals surface area contributed by atoms with E-state index in [4.69, 9.17) is 0 Å². The molecule has 1 amide bonds. The van der Waals surface area contributed by atoms with Gasteiger partial charge in [0.25, 0.3) is 5.91 Å². The number of carbonyl (C=O) groups is 1. The number of rotatable bonds is 5. The van der Waals surface area contributed by atoms with Gasteiger partial charge in [-0.25, -0.2) is 0 Å². The first-order chi connectivity index (χ1) is 9.19. The van der Waals surface area contributed by atoms with Crippen LogP contribution in [0.15, 0.2) is 24.3 Å². The van der Waals surface area contributed by atoms with E-state index in [2.05, 4.69) is 42.0 Å². The number of amides is 1. The molecule has 0 aliphatic rings. The van der Waals surface area contributed by atoms with Gasteiger partial charge >= 0.3 is 0 Å². The summed E-state index contributed by atoms with van der Waals surface area (Å²) in [6.07, 6.45) is 1.02. The van der Waals surface area contributed by atoms with Gasteiger partial charge in [-0.15, -0.1) is 0 Å². The van der Waals surface area contributed by atoms with Gasteiger partial charge in [-0.05, 0) is 36.1 Å². The normalized spacial score (nSPS) is 12.9. The molecular weight excluding hydrogens is 316 g/mol. The Balaban J connectivity index is 2.50. The number of halogens is 1. The van der Waals surface area contributed by atoms with Crippen molar-refractivity contribution in [3.8, 4) is 0 Å². The van der Waals surface area contributed by atoms with Crippen LogP contribution in [-0.2, 0) is 0 Å². The molecule has 0 saturated carbocycles. The summed E-state index contributed by atoms with van der Waals surface area (Å²) in [5, 5.41) is 2.97. The van der Waals surface area contributed by atoms with Crippen LogP contribution in [-0.4, -0.2) is 31.4 Å². The van der Waals surface area contributed by atoms with E-state index in [-0.39, 0.29) is 11.3 Å². The van der Waals surface area contributed by atoms with Gasteiger partial charge in [0.1, 0.15) is 0 Å². The van der Waals surface area contributed by atoms with Gasteiger partial charge in [-0.3, -0.25) is 4.79 Å². The summed E-state index contributed by atoms with van der Waals surface area (Å²) >= 11 is 3.62. The van der Waals surface area contributed by atoms with Gasteiger partial charge in [0.05, 0.1) is 0 Å². The predicted octanol–water partition coefficient (Wildman–Crippen LogP) is 3.68. The van der Waals surface area contributed by atoms with Crippen molar-refractivity contribution >= 4 is 27.5 Å². The fourth-order valence-electron chi connectivity index (χ4n) is 1.95. The molecule has 1 rings (SSSR count). The molecule has 0 saturated heterocycles. The standard InChI is InChI=1S/C16H25BrN2O/c1-16(2,3)10-13(17)11-18-15(20)12-6-8-14(9-7-12)19(4)5/h6-9,13H,10-11H2,1-5H3,(H,18,20). The Morgan fingerprint density at radius 3 is 2.25 bits per heavy atom. The zero-order valence-corrected chi connectivity index (χ0v) is 14.6. The maximum Gasteiger partial charge on any atom is 0.251 e. The summed E-state index contributed by atoms with van der Waals surface area (Å²) in [5.41, 5.74) is 2.05. The highest BCUT2D eigenvalue weighted by Crippen LogP contribution is 2.24. The summed E-state index contributed by atoms with van der Waals surface area (Å²) < 4.78 is 0. The Morgan fingerprint density at radius 1 is 1.25 bits per heavy atom. The third-order valence-corrected chi connectivity index (χ3v) is 3.61. The van der Waals surface area contributed by atoms with E-state index in [1.54, 1.807) is 0 Å². The Kier molecular flexibility index (Phi) is 6.06. The molecular formula is C16H25BrN2O. The molecule has 0 aromatic heterocycles. The highest BCUT2D eigenvalue weighted by molar-refractivity contribution is 9.09. The number of hydrogen-bond acceptors (Lipinski definition) is 2. The van der Waals surface area contributed by atoms with Crippen molar-refractivity contribution in [2.24, 2.45) is 5.41 Å². The minimum atomic E-state index is -0.0198. The number of benzene rings is 1. The first-order valence-corrected chi connectivity index (χ1v) is 7.80. The Morgan fingerprint density at radius 2 is 1.80 bits per heavy atom. The molecule has 0 spiro atoms. The molecule has 0 aliphatic carbocycles. The molecule has 3 nitrogen and oxygen atoms in total. The van der Waals surface area contributed by atoms with Crippen LogP contribution >= 0.6 is 15.9 Å². The Hall–Kier alpha value is -1.03. The predicted molar refractivity (Wildman–Crippen MR) is 89.9 cm³/mol. The number of alkyl halides is 1. The van der Waals surface area contributed by atoms with Crippen LogP contribution in [0.2, 0.25) is 0 Å². The van der Waals surface area contributed by atoms with Gasteiger partial charge < -0.3 is 10.2 Å². The molecule has 1 aromatic carbocycles. The Labute approximate surface area is 130 Å². The van der Waals surface area contributed by atoms with E-state index < -0.39 is 0 Å². The average Bonchev–Trinajstić information content (AvgIpc) is 2.34. The van der Waals surface area contributed by atoms with Crippen LogP contribution in [0.4, 0.5) is 5.69 Å². The quantitative estimate of drug-likeness (QED) is 0.829. The maximum atomic E-state index is 12.1. The molecule has 20 heavy (non-hydrogen) atoms. The smallest absolute Gasteiger partial charge is 0.251 e. The van der Waals surface area contributed by atoms with E-state index in [1.807, 2.05) is 43.3 Å². The summed E-state index contributed by atoms with van der Waals surface area (Å²) in [6, 6.07) is 7.63. The summed E-state index contributed by atoms with van der Waals surface area (Å²) in [4.78, 5) is 14.4. The van der Waals surface area contributed by atoms with Crippen LogP contribution in [0, 0.1) is 5.41 Å². The maximum absolute atomic E-state index is 12.1. The number of anilines is 1. The monoisotopic (exact) mass is 340 g/mol. The molecule has 4 heteroatoms. The van der Waals surface area contributed by atoms with Crippen LogP contribution in [0.5, 0.6) is 0 Å². The van der Waals surface area contributed by atoms with E-state index in [0.29, 0.717) is 16.9 Å². The van der Waals surface area contributed by atoms with Crippen LogP contribution in [0.3, 0.4) is 0 Å². The summed E-state index contributed by atoms with van der Waals surface area (Å²) in [5.74, 6) is -0.0198. The van der Waals surface area contributed by atoms with Crippen LogP contribution in [0.25, 0.3) is 0 Å². The van der Waals surface area contributed by atoms with Crippen molar-refractivity contribution in [2.75, 3.05) is 25.5 Å². The Bertz CT molecular complexity index is 435. The fourth-order valence-corrected chi connectivity index (χ4v) is 3.09. The zero-order chi connectivity index (χ0) is 15.3. The lowest BCUT2D eigenvalue weighted by molar-refractivity contribution is 0.0952. The second kappa shape index (κ2) is 7.11. The third-order valence-electron chi connectivity index (χ3n) is 2.96. The van der Waals surface area contributed by atoms with E-state index >= 15 is 0 Å². The van der Waals surface area contributed by atoms with Gasteiger partial charge in [-0.2, -0.15) is 0 Å². The van der Waals surface area contributed by atoms with Crippen molar-refractivity contribution in [1.82, 2.24) is 5.32 Å². The number of hydrogen-bond donors (Lipinski definition) is 1. The summed E-state index contributed by atoms with van der Waals surface area (Å²) in [7, 11) is 3.97. The van der Waals surface area contributed by atoms with E-state index in [1.165, 1.54) is 0 Å². The highest BCUT2D eigenvalue weighted by atomic mass is 79.9. The van der Waals surface area contributed by atoms with Gasteiger partial charge in [0.15, 0.2) is 0 Å². The zero-order valence-electron chi connectivity index (χ0n) is 13.0. The average molecular weight is 341 g/mol. The molecule has 1 N–H and O–H groups in total. The molecule has 1 unspecified atom stereocenters. The van der Waals surface area contributed by atoms with Crippen LogP contribution in [0.1, 0.15) is 37.6 Å². The van der Waals surface area contributed by atoms with Gasteiger partial charge in [0.2, 0.25) is 0 Å². The van der Waals surface area contributed by atoms with Crippen molar-refractivity contribution in [3.05, 3.63) is 29.8 Å². The number of carbonyl (C=O) groups excluding carboxylic acids is 1. The molecule has 0 bridgehead atoms.